The summed E-state index contributed by atoms with van der Waals surface area (Å²) in [4.78, 5) is 37.8. The van der Waals surface area contributed by atoms with Gasteiger partial charge in [0, 0.05) is 20.1 Å². The molecule has 130 valence electrons. The molecule has 6 heteroatoms. The second-order valence-corrected chi connectivity index (χ2v) is 6.34. The minimum absolute atomic E-state index is 0.0135. The Hall–Kier alpha value is -2.37. The summed E-state index contributed by atoms with van der Waals surface area (Å²) in [5, 5.41) is 5.22. The largest absolute Gasteiger partial charge is 0.359 e. The standard InChI is InChI=1S/C18H25N3O3/c1-12(2)14-6-4-13(5-7-14)10-17(23)21-9-8-20-18(24)15(21)11-16(22)19-3/h4-7,12,15H,8-11H2,1-3H3,(H,19,22)(H,20,24). The molecule has 0 saturated carbocycles. The summed E-state index contributed by atoms with van der Waals surface area (Å²) < 4.78 is 0. The van der Waals surface area contributed by atoms with Crippen LogP contribution < -0.4 is 10.6 Å². The highest BCUT2D eigenvalue weighted by Gasteiger charge is 2.34. The molecule has 2 rings (SSSR count). The topological polar surface area (TPSA) is 78.5 Å². The Morgan fingerprint density at radius 2 is 1.96 bits per heavy atom. The van der Waals surface area contributed by atoms with Crippen LogP contribution in [0.3, 0.4) is 0 Å². The molecule has 1 saturated heterocycles. The highest BCUT2D eigenvalue weighted by atomic mass is 16.2. The fraction of sp³-hybridized carbons (Fsp3) is 0.500. The van der Waals surface area contributed by atoms with Crippen molar-refractivity contribution < 1.29 is 14.4 Å². The van der Waals surface area contributed by atoms with Crippen LogP contribution in [0.2, 0.25) is 0 Å². The molecule has 0 aliphatic carbocycles. The zero-order chi connectivity index (χ0) is 17.7. The van der Waals surface area contributed by atoms with Gasteiger partial charge in [0.2, 0.25) is 17.7 Å². The normalized spacial score (nSPS) is 17.6. The van der Waals surface area contributed by atoms with Gasteiger partial charge in [-0.15, -0.1) is 0 Å². The molecule has 1 aliphatic rings. The first-order valence-electron chi connectivity index (χ1n) is 8.29. The highest BCUT2D eigenvalue weighted by molar-refractivity contribution is 5.93. The predicted molar refractivity (Wildman–Crippen MR) is 91.4 cm³/mol. The van der Waals surface area contributed by atoms with Gasteiger partial charge in [-0.3, -0.25) is 14.4 Å². The number of amides is 3. The molecule has 1 heterocycles. The van der Waals surface area contributed by atoms with Gasteiger partial charge in [-0.05, 0) is 17.0 Å². The monoisotopic (exact) mass is 331 g/mol. The Balaban J connectivity index is 2.07. The third kappa shape index (κ3) is 4.34. The summed E-state index contributed by atoms with van der Waals surface area (Å²) in [5.41, 5.74) is 2.13. The molecule has 24 heavy (non-hydrogen) atoms. The lowest BCUT2D eigenvalue weighted by molar-refractivity contribution is -0.144. The number of carbonyl (C=O) groups excluding carboxylic acids is 3. The summed E-state index contributed by atoms with van der Waals surface area (Å²) in [6.45, 7) is 5.09. The first-order valence-corrected chi connectivity index (χ1v) is 8.29. The molecule has 0 spiro atoms. The molecule has 0 bridgehead atoms. The van der Waals surface area contributed by atoms with E-state index < -0.39 is 6.04 Å². The van der Waals surface area contributed by atoms with Gasteiger partial charge in [-0.25, -0.2) is 0 Å². The fourth-order valence-corrected chi connectivity index (χ4v) is 2.79. The number of hydrogen-bond acceptors (Lipinski definition) is 3. The Morgan fingerprint density at radius 1 is 1.29 bits per heavy atom. The Morgan fingerprint density at radius 3 is 2.54 bits per heavy atom. The summed E-state index contributed by atoms with van der Waals surface area (Å²) in [7, 11) is 1.52. The van der Waals surface area contributed by atoms with Crippen molar-refractivity contribution in [1.29, 1.82) is 0 Å². The maximum Gasteiger partial charge on any atom is 0.243 e. The minimum atomic E-state index is -0.735. The van der Waals surface area contributed by atoms with E-state index in [0.29, 0.717) is 19.0 Å². The van der Waals surface area contributed by atoms with Crippen molar-refractivity contribution in [3.8, 4) is 0 Å². The van der Waals surface area contributed by atoms with Gasteiger partial charge in [-0.2, -0.15) is 0 Å². The third-order valence-electron chi connectivity index (χ3n) is 4.31. The van der Waals surface area contributed by atoms with Crippen LogP contribution in [0.4, 0.5) is 0 Å². The number of carbonyl (C=O) groups is 3. The van der Waals surface area contributed by atoms with Gasteiger partial charge < -0.3 is 15.5 Å². The molecule has 0 radical (unpaired) electrons. The molecule has 3 amide bonds. The van der Waals surface area contributed by atoms with Crippen LogP contribution in [0.15, 0.2) is 24.3 Å². The van der Waals surface area contributed by atoms with Gasteiger partial charge >= 0.3 is 0 Å². The zero-order valence-corrected chi connectivity index (χ0v) is 14.5. The number of rotatable bonds is 5. The SMILES string of the molecule is CNC(=O)CC1C(=O)NCCN1C(=O)Cc1ccc(C(C)C)cc1. The van der Waals surface area contributed by atoms with Gasteiger partial charge in [0.25, 0.3) is 0 Å². The van der Waals surface area contributed by atoms with E-state index in [9.17, 15) is 14.4 Å². The fourth-order valence-electron chi connectivity index (χ4n) is 2.79. The van der Waals surface area contributed by atoms with Crippen molar-refractivity contribution in [2.75, 3.05) is 20.1 Å². The number of benzene rings is 1. The van der Waals surface area contributed by atoms with Crippen LogP contribution in [0.1, 0.15) is 37.3 Å². The van der Waals surface area contributed by atoms with E-state index in [4.69, 9.17) is 0 Å². The number of nitrogens with zero attached hydrogens (tertiary/aromatic N) is 1. The molecule has 1 aromatic rings. The molecule has 1 aromatic carbocycles. The summed E-state index contributed by atoms with van der Waals surface area (Å²) in [5.74, 6) is -0.210. The molecule has 2 N–H and O–H groups in total. The van der Waals surface area contributed by atoms with Crippen molar-refractivity contribution in [2.24, 2.45) is 0 Å². The third-order valence-corrected chi connectivity index (χ3v) is 4.31. The van der Waals surface area contributed by atoms with Crippen molar-refractivity contribution in [3.63, 3.8) is 0 Å². The average Bonchev–Trinajstić information content (AvgIpc) is 2.56. The molecular weight excluding hydrogens is 306 g/mol. The van der Waals surface area contributed by atoms with Crippen molar-refractivity contribution in [2.45, 2.75) is 38.6 Å². The lowest BCUT2D eigenvalue weighted by Gasteiger charge is -2.34. The predicted octanol–water partition coefficient (Wildman–Crippen LogP) is 0.816. The second kappa shape index (κ2) is 7.95. The zero-order valence-electron chi connectivity index (χ0n) is 14.5. The lowest BCUT2D eigenvalue weighted by atomic mass is 10.00. The van der Waals surface area contributed by atoms with Crippen molar-refractivity contribution in [1.82, 2.24) is 15.5 Å². The molecule has 6 nitrogen and oxygen atoms in total. The number of nitrogens with one attached hydrogen (secondary N) is 2. The molecule has 0 aromatic heterocycles. The second-order valence-electron chi connectivity index (χ2n) is 6.34. The van der Waals surface area contributed by atoms with Gasteiger partial charge in [0.1, 0.15) is 6.04 Å². The lowest BCUT2D eigenvalue weighted by Crippen LogP contribution is -2.58. The van der Waals surface area contributed by atoms with E-state index in [1.807, 2.05) is 24.3 Å². The van der Waals surface area contributed by atoms with E-state index in [0.717, 1.165) is 5.56 Å². The van der Waals surface area contributed by atoms with Gasteiger partial charge in [0.05, 0.1) is 12.8 Å². The van der Waals surface area contributed by atoms with Crippen LogP contribution in [0, 0.1) is 0 Å². The Labute approximate surface area is 142 Å². The molecule has 1 unspecified atom stereocenters. The van der Waals surface area contributed by atoms with Crippen LogP contribution in [0.5, 0.6) is 0 Å². The minimum Gasteiger partial charge on any atom is -0.359 e. The number of piperazine rings is 1. The van der Waals surface area contributed by atoms with E-state index in [-0.39, 0.29) is 30.6 Å². The van der Waals surface area contributed by atoms with E-state index in [1.165, 1.54) is 17.5 Å². The maximum atomic E-state index is 12.6. The smallest absolute Gasteiger partial charge is 0.243 e. The highest BCUT2D eigenvalue weighted by Crippen LogP contribution is 2.16. The van der Waals surface area contributed by atoms with E-state index >= 15 is 0 Å². The first-order chi connectivity index (χ1) is 11.4. The molecule has 1 atom stereocenters. The van der Waals surface area contributed by atoms with Crippen LogP contribution in [0.25, 0.3) is 0 Å². The summed E-state index contributed by atoms with van der Waals surface area (Å²) in [6, 6.07) is 7.22. The van der Waals surface area contributed by atoms with Crippen LogP contribution in [-0.2, 0) is 20.8 Å². The molecule has 1 fully saturated rings. The molecule has 1 aliphatic heterocycles. The Bertz CT molecular complexity index is 610. The quantitative estimate of drug-likeness (QED) is 0.838. The summed E-state index contributed by atoms with van der Waals surface area (Å²) >= 11 is 0. The van der Waals surface area contributed by atoms with E-state index in [1.54, 1.807) is 0 Å². The van der Waals surface area contributed by atoms with E-state index in [2.05, 4.69) is 24.5 Å². The number of hydrogen-bond donors (Lipinski definition) is 2. The van der Waals surface area contributed by atoms with Gasteiger partial charge in [0.15, 0.2) is 0 Å². The molecular formula is C18H25N3O3. The van der Waals surface area contributed by atoms with Crippen molar-refractivity contribution in [3.05, 3.63) is 35.4 Å². The van der Waals surface area contributed by atoms with Gasteiger partial charge in [-0.1, -0.05) is 38.1 Å². The average molecular weight is 331 g/mol. The maximum absolute atomic E-state index is 12.6. The Kier molecular flexibility index (Phi) is 5.95. The van der Waals surface area contributed by atoms with Crippen LogP contribution in [-0.4, -0.2) is 48.8 Å². The first kappa shape index (κ1) is 18.0. The van der Waals surface area contributed by atoms with Crippen molar-refractivity contribution >= 4 is 17.7 Å². The summed E-state index contributed by atoms with van der Waals surface area (Å²) in [6.07, 6.45) is 0.219. The van der Waals surface area contributed by atoms with Crippen LogP contribution >= 0.6 is 0 Å².